The fourth-order valence-corrected chi connectivity index (χ4v) is 1.90. The van der Waals surface area contributed by atoms with Crippen LogP contribution in [0.5, 0.6) is 0 Å². The Morgan fingerprint density at radius 3 is 2.82 bits per heavy atom. The molecule has 0 spiro atoms. The van der Waals surface area contributed by atoms with Gasteiger partial charge in [-0.05, 0) is 39.7 Å². The highest BCUT2D eigenvalue weighted by Gasteiger charge is 2.21. The Kier molecular flexibility index (Phi) is 3.69. The molecule has 1 aliphatic heterocycles. The predicted molar refractivity (Wildman–Crippen MR) is 51.8 cm³/mol. The van der Waals surface area contributed by atoms with E-state index in [1.807, 2.05) is 11.9 Å². The van der Waals surface area contributed by atoms with Gasteiger partial charge in [0, 0.05) is 12.6 Å². The number of likely N-dealkylation sites (tertiary alicyclic amines) is 1. The Balaban J connectivity index is 2.24. The molecule has 0 radical (unpaired) electrons. The van der Waals surface area contributed by atoms with Crippen LogP contribution >= 0.6 is 11.9 Å². The highest BCUT2D eigenvalue weighted by atomic mass is 32.2. The maximum atomic E-state index is 2.46. The number of hydrogen-bond donors (Lipinski definition) is 0. The van der Waals surface area contributed by atoms with E-state index in [0.29, 0.717) is 0 Å². The van der Waals surface area contributed by atoms with E-state index >= 15 is 0 Å². The van der Waals surface area contributed by atoms with Crippen LogP contribution in [0, 0.1) is 0 Å². The molecule has 0 aromatic carbocycles. The molecule has 66 valence electrons. The molecule has 1 aliphatic rings. The van der Waals surface area contributed by atoms with E-state index in [1.54, 1.807) is 0 Å². The second-order valence-electron chi connectivity index (χ2n) is 3.27. The highest BCUT2D eigenvalue weighted by Crippen LogP contribution is 2.17. The van der Waals surface area contributed by atoms with Crippen LogP contribution in [-0.4, -0.2) is 48.7 Å². The molecule has 1 atom stereocenters. The van der Waals surface area contributed by atoms with Gasteiger partial charge in [-0.15, -0.1) is 0 Å². The molecule has 2 nitrogen and oxygen atoms in total. The van der Waals surface area contributed by atoms with Crippen LogP contribution in [0.3, 0.4) is 0 Å². The fourth-order valence-electron chi connectivity index (χ4n) is 1.58. The summed E-state index contributed by atoms with van der Waals surface area (Å²) < 4.78 is 2.31. The first-order valence-corrected chi connectivity index (χ1v) is 5.37. The van der Waals surface area contributed by atoms with Gasteiger partial charge < -0.3 is 4.90 Å². The maximum Gasteiger partial charge on any atom is 0.0242 e. The van der Waals surface area contributed by atoms with E-state index < -0.39 is 0 Å². The Morgan fingerprint density at radius 2 is 2.36 bits per heavy atom. The van der Waals surface area contributed by atoms with Crippen LogP contribution < -0.4 is 0 Å². The molecular formula is C8H18N2S. The fraction of sp³-hybridized carbons (Fsp3) is 1.00. The van der Waals surface area contributed by atoms with Crippen LogP contribution in [0.4, 0.5) is 0 Å². The quantitative estimate of drug-likeness (QED) is 0.595. The molecule has 11 heavy (non-hydrogen) atoms. The monoisotopic (exact) mass is 174 g/mol. The standard InChI is InChI=1S/C8H18N2S/c1-9-6-4-5-8(9)7-10(2)11-3/h8H,4-7H2,1-3H3/t8-/m0/s1. The van der Waals surface area contributed by atoms with E-state index in [-0.39, 0.29) is 0 Å². The zero-order valence-electron chi connectivity index (χ0n) is 7.71. The first-order valence-electron chi connectivity index (χ1n) is 4.19. The van der Waals surface area contributed by atoms with Gasteiger partial charge in [0.25, 0.3) is 0 Å². The Morgan fingerprint density at radius 1 is 1.64 bits per heavy atom. The third-order valence-electron chi connectivity index (χ3n) is 2.45. The van der Waals surface area contributed by atoms with Crippen LogP contribution in [0.15, 0.2) is 0 Å². The maximum absolute atomic E-state index is 2.46. The van der Waals surface area contributed by atoms with Crippen molar-refractivity contribution in [1.29, 1.82) is 0 Å². The second-order valence-corrected chi connectivity index (χ2v) is 4.26. The van der Waals surface area contributed by atoms with E-state index in [0.717, 1.165) is 6.04 Å². The molecule has 0 aliphatic carbocycles. The molecule has 3 heteroatoms. The van der Waals surface area contributed by atoms with Gasteiger partial charge in [-0.3, -0.25) is 4.31 Å². The van der Waals surface area contributed by atoms with Gasteiger partial charge in [-0.2, -0.15) is 0 Å². The van der Waals surface area contributed by atoms with Gasteiger partial charge in [0.2, 0.25) is 0 Å². The summed E-state index contributed by atoms with van der Waals surface area (Å²) in [4.78, 5) is 2.46. The molecule has 0 bridgehead atoms. The average molecular weight is 174 g/mol. The summed E-state index contributed by atoms with van der Waals surface area (Å²) in [5, 5.41) is 0. The smallest absolute Gasteiger partial charge is 0.0242 e. The molecule has 0 N–H and O–H groups in total. The SMILES string of the molecule is CSN(C)C[C@@H]1CCCN1C. The van der Waals surface area contributed by atoms with Crippen molar-refractivity contribution in [1.82, 2.24) is 9.21 Å². The van der Waals surface area contributed by atoms with Crippen molar-refractivity contribution in [3.63, 3.8) is 0 Å². The molecule has 1 heterocycles. The van der Waals surface area contributed by atoms with Crippen molar-refractivity contribution in [3.05, 3.63) is 0 Å². The van der Waals surface area contributed by atoms with Crippen molar-refractivity contribution >= 4 is 11.9 Å². The van der Waals surface area contributed by atoms with Gasteiger partial charge in [0.05, 0.1) is 0 Å². The van der Waals surface area contributed by atoms with Crippen LogP contribution in [-0.2, 0) is 0 Å². The molecule has 0 amide bonds. The Labute approximate surface area is 74.1 Å². The van der Waals surface area contributed by atoms with Crippen molar-refractivity contribution in [3.8, 4) is 0 Å². The zero-order chi connectivity index (χ0) is 8.27. The Bertz CT molecular complexity index is 119. The van der Waals surface area contributed by atoms with E-state index in [2.05, 4.69) is 29.6 Å². The van der Waals surface area contributed by atoms with Crippen LogP contribution in [0.2, 0.25) is 0 Å². The first-order chi connectivity index (χ1) is 5.24. The van der Waals surface area contributed by atoms with Gasteiger partial charge in [0.1, 0.15) is 0 Å². The summed E-state index contributed by atoms with van der Waals surface area (Å²) in [6.07, 6.45) is 4.89. The summed E-state index contributed by atoms with van der Waals surface area (Å²) in [6, 6.07) is 0.799. The van der Waals surface area contributed by atoms with E-state index in [9.17, 15) is 0 Å². The largest absolute Gasteiger partial charge is 0.302 e. The summed E-state index contributed by atoms with van der Waals surface area (Å²) in [7, 11) is 4.39. The summed E-state index contributed by atoms with van der Waals surface area (Å²) in [5.74, 6) is 0. The molecule has 0 aromatic rings. The molecular weight excluding hydrogens is 156 g/mol. The highest BCUT2D eigenvalue weighted by molar-refractivity contribution is 7.96. The summed E-state index contributed by atoms with van der Waals surface area (Å²) in [6.45, 7) is 2.49. The molecule has 0 unspecified atom stereocenters. The molecule has 0 saturated carbocycles. The lowest BCUT2D eigenvalue weighted by Crippen LogP contribution is -2.33. The van der Waals surface area contributed by atoms with Crippen molar-refractivity contribution < 1.29 is 0 Å². The minimum atomic E-state index is 0.799. The van der Waals surface area contributed by atoms with Crippen molar-refractivity contribution in [2.45, 2.75) is 18.9 Å². The average Bonchev–Trinajstić information content (AvgIpc) is 2.37. The van der Waals surface area contributed by atoms with Gasteiger partial charge in [0.15, 0.2) is 0 Å². The minimum absolute atomic E-state index is 0.799. The van der Waals surface area contributed by atoms with Crippen LogP contribution in [0.1, 0.15) is 12.8 Å². The molecule has 0 aromatic heterocycles. The number of likely N-dealkylation sites (N-methyl/N-ethyl adjacent to an activating group) is 2. The Hall–Kier alpha value is 0.270. The summed E-state index contributed by atoms with van der Waals surface area (Å²) >= 11 is 1.82. The molecule has 1 saturated heterocycles. The third-order valence-corrected chi connectivity index (χ3v) is 3.22. The van der Waals surface area contributed by atoms with Crippen molar-refractivity contribution in [2.24, 2.45) is 0 Å². The normalized spacial score (nSPS) is 26.7. The van der Waals surface area contributed by atoms with Gasteiger partial charge >= 0.3 is 0 Å². The lowest BCUT2D eigenvalue weighted by atomic mass is 10.2. The lowest BCUT2D eigenvalue weighted by Gasteiger charge is -2.23. The summed E-state index contributed by atoms with van der Waals surface area (Å²) in [5.41, 5.74) is 0. The van der Waals surface area contributed by atoms with Gasteiger partial charge in [-0.25, -0.2) is 0 Å². The van der Waals surface area contributed by atoms with E-state index in [1.165, 1.54) is 25.9 Å². The lowest BCUT2D eigenvalue weighted by molar-refractivity contribution is 0.278. The number of rotatable bonds is 3. The number of nitrogens with zero attached hydrogens (tertiary/aromatic N) is 2. The minimum Gasteiger partial charge on any atom is -0.302 e. The number of hydrogen-bond acceptors (Lipinski definition) is 3. The zero-order valence-corrected chi connectivity index (χ0v) is 8.52. The second kappa shape index (κ2) is 4.33. The first kappa shape index (κ1) is 9.36. The third kappa shape index (κ3) is 2.65. The topological polar surface area (TPSA) is 6.48 Å². The van der Waals surface area contributed by atoms with Crippen molar-refractivity contribution in [2.75, 3.05) is 33.4 Å². The molecule has 1 rings (SSSR count). The van der Waals surface area contributed by atoms with Gasteiger partial charge in [-0.1, -0.05) is 11.9 Å². The predicted octanol–water partition coefficient (Wildman–Crippen LogP) is 1.29. The van der Waals surface area contributed by atoms with Crippen LogP contribution in [0.25, 0.3) is 0 Å². The molecule has 1 fully saturated rings. The van der Waals surface area contributed by atoms with E-state index in [4.69, 9.17) is 0 Å².